The molecule has 16 heavy (non-hydrogen) atoms. The molecule has 0 saturated heterocycles. The van der Waals surface area contributed by atoms with Gasteiger partial charge in [0.2, 0.25) is 0 Å². The average Bonchev–Trinajstić information content (AvgIpc) is 2.25. The maximum atomic E-state index is 12.4. The summed E-state index contributed by atoms with van der Waals surface area (Å²) in [6.07, 6.45) is -0.0510. The van der Waals surface area contributed by atoms with E-state index in [1.165, 1.54) is 0 Å². The Morgan fingerprint density at radius 3 is 2.25 bits per heavy atom. The van der Waals surface area contributed by atoms with Gasteiger partial charge in [0, 0.05) is 17.8 Å². The van der Waals surface area contributed by atoms with Gasteiger partial charge in [-0.15, -0.1) is 0 Å². The molecular weight excluding hydrogens is 235 g/mol. The van der Waals surface area contributed by atoms with Gasteiger partial charge < -0.3 is 5.32 Å². The molecule has 1 nitrogen and oxygen atoms in total. The molecule has 1 fully saturated rings. The van der Waals surface area contributed by atoms with Gasteiger partial charge in [0.05, 0.1) is 5.92 Å². The summed E-state index contributed by atoms with van der Waals surface area (Å²) in [6, 6.07) is 0.285. The third-order valence-corrected chi connectivity index (χ3v) is 4.26. The summed E-state index contributed by atoms with van der Waals surface area (Å²) in [4.78, 5) is 0. The number of nitrogens with one attached hydrogen (secondary N) is 1. The summed E-state index contributed by atoms with van der Waals surface area (Å²) in [5.74, 6) is -1.07. The van der Waals surface area contributed by atoms with Crippen molar-refractivity contribution in [3.63, 3.8) is 0 Å². The molecule has 0 spiro atoms. The molecule has 0 aromatic rings. The van der Waals surface area contributed by atoms with E-state index in [1.54, 1.807) is 11.8 Å². The zero-order chi connectivity index (χ0) is 12.2. The van der Waals surface area contributed by atoms with Crippen LogP contribution in [-0.4, -0.2) is 30.3 Å². The van der Waals surface area contributed by atoms with Gasteiger partial charge in [-0.2, -0.15) is 24.9 Å². The largest absolute Gasteiger partial charge is 0.391 e. The first-order chi connectivity index (χ1) is 7.43. The maximum Gasteiger partial charge on any atom is 0.391 e. The zero-order valence-electron chi connectivity index (χ0n) is 9.81. The molecule has 0 aromatic carbocycles. The molecular formula is C11H20F3NS. The maximum absolute atomic E-state index is 12.4. The Bertz CT molecular complexity index is 200. The number of alkyl halides is 3. The smallest absolute Gasteiger partial charge is 0.313 e. The van der Waals surface area contributed by atoms with Crippen LogP contribution in [0.1, 0.15) is 32.6 Å². The topological polar surface area (TPSA) is 12.0 Å². The minimum Gasteiger partial charge on any atom is -0.313 e. The van der Waals surface area contributed by atoms with Gasteiger partial charge in [0.25, 0.3) is 0 Å². The van der Waals surface area contributed by atoms with Crippen LogP contribution in [0, 0.1) is 5.92 Å². The summed E-state index contributed by atoms with van der Waals surface area (Å²) in [5, 5.41) is 3.88. The standard InChI is InChI=1S/C11H20F3NS/c1-8(16-2)7-15-10-5-3-9(4-6-10)11(12,13)14/h8-10,15H,3-7H2,1-2H3. The third-order valence-electron chi connectivity index (χ3n) is 3.29. The van der Waals surface area contributed by atoms with Crippen molar-refractivity contribution < 1.29 is 13.2 Å². The summed E-state index contributed by atoms with van der Waals surface area (Å²) >= 11 is 1.78. The van der Waals surface area contributed by atoms with E-state index in [9.17, 15) is 13.2 Å². The molecule has 0 aromatic heterocycles. The van der Waals surface area contributed by atoms with Crippen LogP contribution in [0.3, 0.4) is 0 Å². The SMILES string of the molecule is CSC(C)CNC1CCC(C(F)(F)F)CC1. The van der Waals surface area contributed by atoms with Gasteiger partial charge in [-0.3, -0.25) is 0 Å². The van der Waals surface area contributed by atoms with Gasteiger partial charge in [-0.05, 0) is 31.9 Å². The lowest BCUT2D eigenvalue weighted by atomic mass is 9.85. The Labute approximate surface area is 99.6 Å². The molecule has 5 heteroatoms. The predicted octanol–water partition coefficient (Wildman–Crippen LogP) is 3.45. The normalized spacial score (nSPS) is 29.1. The first-order valence-corrected chi connectivity index (χ1v) is 7.05. The molecule has 1 atom stereocenters. The number of thioether (sulfide) groups is 1. The first-order valence-electron chi connectivity index (χ1n) is 5.76. The van der Waals surface area contributed by atoms with Gasteiger partial charge in [0.1, 0.15) is 0 Å². The lowest BCUT2D eigenvalue weighted by molar-refractivity contribution is -0.182. The number of halogens is 3. The molecule has 0 amide bonds. The predicted molar refractivity (Wildman–Crippen MR) is 62.8 cm³/mol. The fraction of sp³-hybridized carbons (Fsp3) is 1.00. The van der Waals surface area contributed by atoms with Gasteiger partial charge in [-0.25, -0.2) is 0 Å². The first kappa shape index (κ1) is 14.2. The molecule has 1 unspecified atom stereocenters. The highest BCUT2D eigenvalue weighted by Gasteiger charge is 2.41. The number of hydrogen-bond acceptors (Lipinski definition) is 2. The van der Waals surface area contributed by atoms with E-state index in [0.29, 0.717) is 18.1 Å². The molecule has 0 aliphatic heterocycles. The second-order valence-electron chi connectivity index (χ2n) is 4.54. The van der Waals surface area contributed by atoms with Crippen molar-refractivity contribution in [3.8, 4) is 0 Å². The van der Waals surface area contributed by atoms with Gasteiger partial charge in [0.15, 0.2) is 0 Å². The second kappa shape index (κ2) is 6.15. The summed E-state index contributed by atoms with van der Waals surface area (Å²) in [5.41, 5.74) is 0. The monoisotopic (exact) mass is 255 g/mol. The van der Waals surface area contributed by atoms with Crippen molar-refractivity contribution in [1.82, 2.24) is 5.32 Å². The zero-order valence-corrected chi connectivity index (χ0v) is 10.6. The Morgan fingerprint density at radius 2 is 1.81 bits per heavy atom. The van der Waals surface area contributed by atoms with Crippen LogP contribution in [0.25, 0.3) is 0 Å². The summed E-state index contributed by atoms with van der Waals surface area (Å²) in [7, 11) is 0. The molecule has 0 radical (unpaired) electrons. The highest BCUT2D eigenvalue weighted by Crippen LogP contribution is 2.37. The van der Waals surface area contributed by atoms with E-state index in [0.717, 1.165) is 6.54 Å². The van der Waals surface area contributed by atoms with Crippen molar-refractivity contribution >= 4 is 11.8 Å². The molecule has 1 rings (SSSR count). The Hall–Kier alpha value is 0.100. The summed E-state index contributed by atoms with van der Waals surface area (Å²) in [6.45, 7) is 3.02. The molecule has 1 aliphatic carbocycles. The van der Waals surface area contributed by atoms with Crippen molar-refractivity contribution in [3.05, 3.63) is 0 Å². The molecule has 1 N–H and O–H groups in total. The molecule has 1 aliphatic rings. The fourth-order valence-corrected chi connectivity index (χ4v) is 2.30. The highest BCUT2D eigenvalue weighted by atomic mass is 32.2. The van der Waals surface area contributed by atoms with Crippen molar-refractivity contribution in [1.29, 1.82) is 0 Å². The second-order valence-corrected chi connectivity index (χ2v) is 5.82. The van der Waals surface area contributed by atoms with Gasteiger partial charge >= 0.3 is 6.18 Å². The van der Waals surface area contributed by atoms with Crippen LogP contribution in [-0.2, 0) is 0 Å². The van der Waals surface area contributed by atoms with Crippen molar-refractivity contribution in [2.75, 3.05) is 12.8 Å². The minimum absolute atomic E-state index is 0.285. The van der Waals surface area contributed by atoms with E-state index >= 15 is 0 Å². The van der Waals surface area contributed by atoms with E-state index in [2.05, 4.69) is 12.2 Å². The van der Waals surface area contributed by atoms with E-state index in [1.807, 2.05) is 6.26 Å². The van der Waals surface area contributed by atoms with Crippen LogP contribution >= 0.6 is 11.8 Å². The quantitative estimate of drug-likeness (QED) is 0.825. The van der Waals surface area contributed by atoms with Crippen LogP contribution in [0.15, 0.2) is 0 Å². The molecule has 1 saturated carbocycles. The molecule has 96 valence electrons. The molecule has 0 bridgehead atoms. The number of hydrogen-bond donors (Lipinski definition) is 1. The Balaban J connectivity index is 2.22. The van der Waals surface area contributed by atoms with Crippen molar-refractivity contribution in [2.24, 2.45) is 5.92 Å². The van der Waals surface area contributed by atoms with Crippen LogP contribution in [0.2, 0.25) is 0 Å². The lowest BCUT2D eigenvalue weighted by Crippen LogP contribution is -2.39. The lowest BCUT2D eigenvalue weighted by Gasteiger charge is -2.30. The van der Waals surface area contributed by atoms with Crippen LogP contribution < -0.4 is 5.32 Å². The average molecular weight is 255 g/mol. The third kappa shape index (κ3) is 4.53. The van der Waals surface area contributed by atoms with E-state index in [-0.39, 0.29) is 18.9 Å². The minimum atomic E-state index is -3.99. The fourth-order valence-electron chi connectivity index (χ4n) is 2.04. The Kier molecular flexibility index (Phi) is 5.44. The number of rotatable bonds is 4. The van der Waals surface area contributed by atoms with Crippen molar-refractivity contribution in [2.45, 2.75) is 50.1 Å². The van der Waals surface area contributed by atoms with Crippen LogP contribution in [0.4, 0.5) is 13.2 Å². The van der Waals surface area contributed by atoms with E-state index < -0.39 is 12.1 Å². The van der Waals surface area contributed by atoms with E-state index in [4.69, 9.17) is 0 Å². The molecule has 0 heterocycles. The Morgan fingerprint density at radius 1 is 1.25 bits per heavy atom. The highest BCUT2D eigenvalue weighted by molar-refractivity contribution is 7.99. The van der Waals surface area contributed by atoms with Gasteiger partial charge in [-0.1, -0.05) is 6.92 Å². The summed E-state index contributed by atoms with van der Waals surface area (Å²) < 4.78 is 37.2. The van der Waals surface area contributed by atoms with Crippen LogP contribution in [0.5, 0.6) is 0 Å².